The van der Waals surface area contributed by atoms with Crippen molar-refractivity contribution in [2.75, 3.05) is 0 Å². The van der Waals surface area contributed by atoms with Gasteiger partial charge in [-0.15, -0.1) is 0 Å². The fourth-order valence-corrected chi connectivity index (χ4v) is 2.70. The molecule has 0 aliphatic carbocycles. The van der Waals surface area contributed by atoms with Crippen molar-refractivity contribution in [3.63, 3.8) is 0 Å². The van der Waals surface area contributed by atoms with Crippen LogP contribution in [-0.4, -0.2) is 11.3 Å². The third-order valence-electron chi connectivity index (χ3n) is 3.24. The lowest BCUT2D eigenvalue weighted by atomic mass is 10.1. The fourth-order valence-electron chi connectivity index (χ4n) is 2.20. The Kier molecular flexibility index (Phi) is 3.97. The summed E-state index contributed by atoms with van der Waals surface area (Å²) in [6.07, 6.45) is 2.56. The lowest BCUT2D eigenvalue weighted by molar-refractivity contribution is 0.111. The first-order valence-electron chi connectivity index (χ1n) is 6.48. The Hall–Kier alpha value is -2.20. The van der Waals surface area contributed by atoms with Crippen molar-refractivity contribution < 1.29 is 9.53 Å². The minimum atomic E-state index is 0.381. The molecule has 0 bridgehead atoms. The molecule has 0 radical (unpaired) electrons. The van der Waals surface area contributed by atoms with Crippen LogP contribution in [0.15, 0.2) is 59.2 Å². The van der Waals surface area contributed by atoms with Gasteiger partial charge in [0.05, 0.1) is 15.6 Å². The van der Waals surface area contributed by atoms with Crippen molar-refractivity contribution in [3.8, 4) is 5.75 Å². The van der Waals surface area contributed by atoms with Gasteiger partial charge in [-0.2, -0.15) is 0 Å². The van der Waals surface area contributed by atoms with Crippen molar-refractivity contribution in [3.05, 3.63) is 70.3 Å². The molecule has 2 aromatic carbocycles. The van der Waals surface area contributed by atoms with Gasteiger partial charge >= 0.3 is 0 Å². The van der Waals surface area contributed by atoms with E-state index in [-0.39, 0.29) is 0 Å². The van der Waals surface area contributed by atoms with Crippen LogP contribution in [0.4, 0.5) is 0 Å². The first-order chi connectivity index (χ1) is 10.3. The molecule has 0 unspecified atom stereocenters. The number of rotatable bonds is 4. The number of para-hydroxylation sites is 2. The van der Waals surface area contributed by atoms with Crippen molar-refractivity contribution >= 4 is 33.1 Å². The van der Waals surface area contributed by atoms with E-state index in [4.69, 9.17) is 4.74 Å². The van der Waals surface area contributed by atoms with Crippen LogP contribution < -0.4 is 4.74 Å². The molecule has 1 aromatic heterocycles. The number of ether oxygens (including phenoxy) is 1. The second-order valence-corrected chi connectivity index (χ2v) is 5.41. The van der Waals surface area contributed by atoms with Gasteiger partial charge in [0.15, 0.2) is 6.29 Å². The minimum Gasteiger partial charge on any atom is -0.487 e. The number of fused-ring (bicyclic) bond motifs is 1. The molecule has 1 heterocycles. The molecule has 0 N–H and O–H groups in total. The van der Waals surface area contributed by atoms with Gasteiger partial charge in [0, 0.05) is 17.1 Å². The smallest absolute Gasteiger partial charge is 0.153 e. The maximum Gasteiger partial charge on any atom is 0.153 e. The summed E-state index contributed by atoms with van der Waals surface area (Å²) < 4.78 is 6.62. The van der Waals surface area contributed by atoms with Gasteiger partial charge in [0.1, 0.15) is 12.4 Å². The number of carbonyl (C=O) groups is 1. The maximum absolute atomic E-state index is 11.1. The first kappa shape index (κ1) is 13.8. The highest BCUT2D eigenvalue weighted by Crippen LogP contribution is 2.29. The summed E-state index contributed by atoms with van der Waals surface area (Å²) in [5, 5.41) is 1.06. The van der Waals surface area contributed by atoms with Crippen LogP contribution >= 0.6 is 15.9 Å². The van der Waals surface area contributed by atoms with Crippen LogP contribution in [-0.2, 0) is 6.61 Å². The Morgan fingerprint density at radius 2 is 1.95 bits per heavy atom. The van der Waals surface area contributed by atoms with E-state index >= 15 is 0 Å². The van der Waals surface area contributed by atoms with Gasteiger partial charge in [0.2, 0.25) is 0 Å². The normalized spacial score (nSPS) is 10.5. The Morgan fingerprint density at radius 1 is 1.10 bits per heavy atom. The first-order valence-corrected chi connectivity index (χ1v) is 7.28. The summed E-state index contributed by atoms with van der Waals surface area (Å²) in [5.74, 6) is 0.563. The number of pyridine rings is 1. The molecule has 0 saturated heterocycles. The number of aldehydes is 1. The SMILES string of the molecule is O=Cc1cccc(Br)c1OCc1ccnc2ccccc12. The predicted molar refractivity (Wildman–Crippen MR) is 85.6 cm³/mol. The Morgan fingerprint density at radius 3 is 2.81 bits per heavy atom. The Bertz CT molecular complexity index is 796. The third-order valence-corrected chi connectivity index (χ3v) is 3.86. The molecule has 0 aliphatic heterocycles. The Labute approximate surface area is 130 Å². The minimum absolute atomic E-state index is 0.381. The number of halogens is 1. The molecule has 0 spiro atoms. The molecule has 0 aliphatic rings. The van der Waals surface area contributed by atoms with E-state index in [1.165, 1.54) is 0 Å². The molecule has 0 atom stereocenters. The fraction of sp³-hybridized carbons (Fsp3) is 0.0588. The highest BCUT2D eigenvalue weighted by atomic mass is 79.9. The summed E-state index contributed by atoms with van der Waals surface area (Å²) in [6.45, 7) is 0.381. The predicted octanol–water partition coefficient (Wildman–Crippen LogP) is 4.39. The van der Waals surface area contributed by atoms with Crippen molar-refractivity contribution in [2.24, 2.45) is 0 Å². The monoisotopic (exact) mass is 341 g/mol. The molecule has 0 saturated carbocycles. The average Bonchev–Trinajstić information content (AvgIpc) is 2.53. The molecular formula is C17H12BrNO2. The maximum atomic E-state index is 11.1. The number of benzene rings is 2. The number of hydrogen-bond acceptors (Lipinski definition) is 3. The van der Waals surface area contributed by atoms with Crippen molar-refractivity contribution in [2.45, 2.75) is 6.61 Å². The highest BCUT2D eigenvalue weighted by Gasteiger charge is 2.09. The molecule has 4 heteroatoms. The van der Waals surface area contributed by atoms with E-state index in [0.717, 1.165) is 27.2 Å². The molecule has 0 amide bonds. The zero-order valence-electron chi connectivity index (χ0n) is 11.1. The van der Waals surface area contributed by atoms with Gasteiger partial charge in [-0.05, 0) is 40.2 Å². The van der Waals surface area contributed by atoms with Gasteiger partial charge in [-0.25, -0.2) is 0 Å². The summed E-state index contributed by atoms with van der Waals surface area (Å²) in [6, 6.07) is 15.2. The van der Waals surface area contributed by atoms with Gasteiger partial charge in [-0.1, -0.05) is 24.3 Å². The van der Waals surface area contributed by atoms with Gasteiger partial charge < -0.3 is 4.74 Å². The number of nitrogens with zero attached hydrogens (tertiary/aromatic N) is 1. The van der Waals surface area contributed by atoms with Crippen LogP contribution in [0.1, 0.15) is 15.9 Å². The van der Waals surface area contributed by atoms with E-state index in [9.17, 15) is 4.79 Å². The van der Waals surface area contributed by atoms with E-state index in [0.29, 0.717) is 17.9 Å². The van der Waals surface area contributed by atoms with Crippen molar-refractivity contribution in [1.29, 1.82) is 0 Å². The molecule has 3 nitrogen and oxygen atoms in total. The molecular weight excluding hydrogens is 330 g/mol. The average molecular weight is 342 g/mol. The van der Waals surface area contributed by atoms with E-state index in [1.807, 2.05) is 42.5 Å². The van der Waals surface area contributed by atoms with Crippen LogP contribution in [0, 0.1) is 0 Å². The molecule has 0 fully saturated rings. The lowest BCUT2D eigenvalue weighted by Gasteiger charge is -2.11. The molecule has 21 heavy (non-hydrogen) atoms. The summed E-state index contributed by atoms with van der Waals surface area (Å²) >= 11 is 3.41. The summed E-state index contributed by atoms with van der Waals surface area (Å²) in [7, 11) is 0. The zero-order chi connectivity index (χ0) is 14.7. The van der Waals surface area contributed by atoms with Gasteiger partial charge in [-0.3, -0.25) is 9.78 Å². The Balaban J connectivity index is 1.93. The molecule has 104 valence electrons. The second-order valence-electron chi connectivity index (χ2n) is 4.55. The van der Waals surface area contributed by atoms with Crippen LogP contribution in [0.25, 0.3) is 10.9 Å². The number of carbonyl (C=O) groups excluding carboxylic acids is 1. The summed E-state index contributed by atoms with van der Waals surface area (Å²) in [4.78, 5) is 15.4. The highest BCUT2D eigenvalue weighted by molar-refractivity contribution is 9.10. The van der Waals surface area contributed by atoms with E-state index in [1.54, 1.807) is 12.3 Å². The topological polar surface area (TPSA) is 39.2 Å². The molecule has 3 rings (SSSR count). The third kappa shape index (κ3) is 2.81. The quantitative estimate of drug-likeness (QED) is 0.660. The number of hydrogen-bond donors (Lipinski definition) is 0. The zero-order valence-corrected chi connectivity index (χ0v) is 12.7. The van der Waals surface area contributed by atoms with Crippen LogP contribution in [0.2, 0.25) is 0 Å². The lowest BCUT2D eigenvalue weighted by Crippen LogP contribution is -2.00. The standard InChI is InChI=1S/C17H12BrNO2/c18-15-6-3-4-12(10-20)17(15)21-11-13-8-9-19-16-7-2-1-5-14(13)16/h1-10H,11H2. The van der Waals surface area contributed by atoms with Crippen LogP contribution in [0.5, 0.6) is 5.75 Å². The van der Waals surface area contributed by atoms with E-state index < -0.39 is 0 Å². The van der Waals surface area contributed by atoms with Crippen molar-refractivity contribution in [1.82, 2.24) is 4.98 Å². The largest absolute Gasteiger partial charge is 0.487 e. The second kappa shape index (κ2) is 6.06. The number of aromatic nitrogens is 1. The van der Waals surface area contributed by atoms with Crippen LogP contribution in [0.3, 0.4) is 0 Å². The van der Waals surface area contributed by atoms with E-state index in [2.05, 4.69) is 20.9 Å². The summed E-state index contributed by atoms with van der Waals surface area (Å²) in [5.41, 5.74) is 2.50. The van der Waals surface area contributed by atoms with Gasteiger partial charge in [0.25, 0.3) is 0 Å². The molecule has 3 aromatic rings.